The van der Waals surface area contributed by atoms with E-state index in [2.05, 4.69) is 61.8 Å². The highest BCUT2D eigenvalue weighted by atomic mass is 16.5. The Morgan fingerprint density at radius 2 is 1.54 bits per heavy atom. The van der Waals surface area contributed by atoms with Crippen molar-refractivity contribution in [3.8, 4) is 5.75 Å². The van der Waals surface area contributed by atoms with Crippen LogP contribution in [0.3, 0.4) is 0 Å². The van der Waals surface area contributed by atoms with E-state index in [1.165, 1.54) is 11.1 Å². The van der Waals surface area contributed by atoms with Crippen LogP contribution in [0, 0.1) is 13.8 Å². The second-order valence-electron chi connectivity index (χ2n) is 10.3. The molecule has 0 bridgehead atoms. The van der Waals surface area contributed by atoms with E-state index >= 15 is 0 Å². The molecule has 1 aliphatic heterocycles. The lowest BCUT2D eigenvalue weighted by molar-refractivity contribution is 0.0746. The number of ether oxygens (including phenoxy) is 1. The van der Waals surface area contributed by atoms with E-state index in [1.807, 2.05) is 36.1 Å². The van der Waals surface area contributed by atoms with Crippen LogP contribution >= 0.6 is 0 Å². The summed E-state index contributed by atoms with van der Waals surface area (Å²) in [6.45, 7) is 13.4. The zero-order chi connectivity index (χ0) is 25.2. The first kappa shape index (κ1) is 24.7. The number of carbonyl (C=O) groups is 1. The fourth-order valence-corrected chi connectivity index (χ4v) is 4.55. The van der Waals surface area contributed by atoms with E-state index < -0.39 is 0 Å². The third kappa shape index (κ3) is 5.64. The van der Waals surface area contributed by atoms with Gasteiger partial charge < -0.3 is 14.5 Å². The minimum Gasteiger partial charge on any atom is -0.497 e. The summed E-state index contributed by atoms with van der Waals surface area (Å²) < 4.78 is 5.29. The van der Waals surface area contributed by atoms with Crippen LogP contribution in [0.25, 0.3) is 0 Å². The van der Waals surface area contributed by atoms with Gasteiger partial charge in [0.15, 0.2) is 0 Å². The van der Waals surface area contributed by atoms with Crippen LogP contribution in [0.1, 0.15) is 59.3 Å². The highest BCUT2D eigenvalue weighted by Crippen LogP contribution is 2.27. The van der Waals surface area contributed by atoms with Gasteiger partial charge >= 0.3 is 0 Å². The number of carbonyl (C=O) groups excluding carboxylic acids is 1. The highest BCUT2D eigenvalue weighted by Gasteiger charge is 2.26. The SMILES string of the molecule is COc1ccc(Cc2c(C)nc(C)nc2N2CCN(C(=O)c3ccc(C(C)(C)C)cc3)CC2)cc1. The molecule has 0 atom stereocenters. The number of anilines is 1. The smallest absolute Gasteiger partial charge is 0.253 e. The van der Waals surface area contributed by atoms with Crippen molar-refractivity contribution < 1.29 is 9.53 Å². The summed E-state index contributed by atoms with van der Waals surface area (Å²) in [5.74, 6) is 2.69. The number of aryl methyl sites for hydroxylation is 2. The Labute approximate surface area is 209 Å². The number of hydrogen-bond acceptors (Lipinski definition) is 5. The quantitative estimate of drug-likeness (QED) is 0.526. The first-order valence-electron chi connectivity index (χ1n) is 12.3. The van der Waals surface area contributed by atoms with Crippen LogP contribution in [0.5, 0.6) is 5.75 Å². The lowest BCUT2D eigenvalue weighted by Crippen LogP contribution is -2.49. The van der Waals surface area contributed by atoms with Gasteiger partial charge in [-0.2, -0.15) is 0 Å². The largest absolute Gasteiger partial charge is 0.497 e. The number of rotatable bonds is 5. The van der Waals surface area contributed by atoms with Gasteiger partial charge in [-0.1, -0.05) is 45.0 Å². The van der Waals surface area contributed by atoms with Gasteiger partial charge in [0.05, 0.1) is 7.11 Å². The van der Waals surface area contributed by atoms with Gasteiger partial charge in [0.1, 0.15) is 17.4 Å². The fraction of sp³-hybridized carbons (Fsp3) is 0.414. The molecule has 1 fully saturated rings. The molecule has 1 amide bonds. The van der Waals surface area contributed by atoms with Crippen molar-refractivity contribution in [2.45, 2.75) is 46.5 Å². The molecule has 0 N–H and O–H groups in total. The lowest BCUT2D eigenvalue weighted by atomic mass is 9.86. The molecule has 3 aromatic rings. The lowest BCUT2D eigenvalue weighted by Gasteiger charge is -2.36. The molecule has 1 saturated heterocycles. The van der Waals surface area contributed by atoms with Gasteiger partial charge in [-0.3, -0.25) is 4.79 Å². The molecule has 0 radical (unpaired) electrons. The van der Waals surface area contributed by atoms with E-state index in [-0.39, 0.29) is 11.3 Å². The number of amides is 1. The summed E-state index contributed by atoms with van der Waals surface area (Å²) in [6, 6.07) is 16.2. The number of aromatic nitrogens is 2. The van der Waals surface area contributed by atoms with Crippen LogP contribution < -0.4 is 9.64 Å². The number of nitrogens with zero attached hydrogens (tertiary/aromatic N) is 4. The molecule has 6 nitrogen and oxygen atoms in total. The summed E-state index contributed by atoms with van der Waals surface area (Å²) >= 11 is 0. The average molecular weight is 473 g/mol. The molecular weight excluding hydrogens is 436 g/mol. The Hall–Kier alpha value is -3.41. The van der Waals surface area contributed by atoms with Crippen LogP contribution in [0.15, 0.2) is 48.5 Å². The molecule has 184 valence electrons. The molecule has 4 rings (SSSR count). The summed E-state index contributed by atoms with van der Waals surface area (Å²) in [4.78, 5) is 26.9. The first-order chi connectivity index (χ1) is 16.7. The maximum absolute atomic E-state index is 13.1. The summed E-state index contributed by atoms with van der Waals surface area (Å²) in [6.07, 6.45) is 0.755. The van der Waals surface area contributed by atoms with Gasteiger partial charge in [-0.05, 0) is 54.7 Å². The maximum atomic E-state index is 13.1. The molecule has 6 heteroatoms. The number of piperazine rings is 1. The molecule has 1 aromatic heterocycles. The summed E-state index contributed by atoms with van der Waals surface area (Å²) in [5.41, 5.74) is 5.39. The Kier molecular flexibility index (Phi) is 7.10. The number of hydrogen-bond donors (Lipinski definition) is 0. The topological polar surface area (TPSA) is 58.6 Å². The molecular formula is C29H36N4O2. The first-order valence-corrected chi connectivity index (χ1v) is 12.3. The molecule has 0 spiro atoms. The Morgan fingerprint density at radius 3 is 2.11 bits per heavy atom. The summed E-state index contributed by atoms with van der Waals surface area (Å²) in [7, 11) is 1.68. The Morgan fingerprint density at radius 1 is 0.914 bits per heavy atom. The second kappa shape index (κ2) is 10.1. The monoisotopic (exact) mass is 472 g/mol. The zero-order valence-corrected chi connectivity index (χ0v) is 21.8. The third-order valence-corrected chi connectivity index (χ3v) is 6.71. The minimum atomic E-state index is 0.0739. The van der Waals surface area contributed by atoms with Gasteiger partial charge in [0, 0.05) is 49.4 Å². The molecule has 35 heavy (non-hydrogen) atoms. The van der Waals surface area contributed by atoms with Crippen LogP contribution in [0.2, 0.25) is 0 Å². The van der Waals surface area contributed by atoms with Gasteiger partial charge in [0.2, 0.25) is 0 Å². The van der Waals surface area contributed by atoms with Crippen LogP contribution in [-0.2, 0) is 11.8 Å². The van der Waals surface area contributed by atoms with Crippen molar-refractivity contribution in [3.05, 3.63) is 82.3 Å². The van der Waals surface area contributed by atoms with Crippen molar-refractivity contribution in [1.29, 1.82) is 0 Å². The summed E-state index contributed by atoms with van der Waals surface area (Å²) in [5, 5.41) is 0. The molecule has 0 saturated carbocycles. The molecule has 0 unspecified atom stereocenters. The van der Waals surface area contributed by atoms with Gasteiger partial charge in [0.25, 0.3) is 5.91 Å². The van der Waals surface area contributed by atoms with Gasteiger partial charge in [-0.15, -0.1) is 0 Å². The minimum absolute atomic E-state index is 0.0739. The molecule has 0 aliphatic carbocycles. The zero-order valence-electron chi connectivity index (χ0n) is 21.8. The second-order valence-corrected chi connectivity index (χ2v) is 10.3. The molecule has 1 aliphatic rings. The van der Waals surface area contributed by atoms with Gasteiger partial charge in [-0.25, -0.2) is 9.97 Å². The number of benzene rings is 2. The molecule has 2 heterocycles. The number of methoxy groups -OCH3 is 1. The van der Waals surface area contributed by atoms with Crippen molar-refractivity contribution in [2.24, 2.45) is 0 Å². The molecule has 2 aromatic carbocycles. The van der Waals surface area contributed by atoms with Crippen LogP contribution in [0.4, 0.5) is 5.82 Å². The van der Waals surface area contributed by atoms with Crippen molar-refractivity contribution in [2.75, 3.05) is 38.2 Å². The highest BCUT2D eigenvalue weighted by molar-refractivity contribution is 5.94. The van der Waals surface area contributed by atoms with E-state index in [1.54, 1.807) is 7.11 Å². The van der Waals surface area contributed by atoms with E-state index in [0.29, 0.717) is 13.1 Å². The maximum Gasteiger partial charge on any atom is 0.253 e. The fourth-order valence-electron chi connectivity index (χ4n) is 4.55. The Balaban J connectivity index is 1.48. The van der Waals surface area contributed by atoms with E-state index in [9.17, 15) is 4.79 Å². The Bertz CT molecular complexity index is 1170. The predicted molar refractivity (Wildman–Crippen MR) is 141 cm³/mol. The predicted octanol–water partition coefficient (Wildman–Crippen LogP) is 4.95. The third-order valence-electron chi connectivity index (χ3n) is 6.71. The van der Waals surface area contributed by atoms with Crippen LogP contribution in [-0.4, -0.2) is 54.1 Å². The van der Waals surface area contributed by atoms with Crippen molar-refractivity contribution in [1.82, 2.24) is 14.9 Å². The normalized spacial score (nSPS) is 14.2. The average Bonchev–Trinajstić information content (AvgIpc) is 2.85. The standard InChI is InChI=1S/C29H36N4O2/c1-20-26(19-22-7-13-25(35-6)14-8-22)27(31-21(2)30-20)32-15-17-33(18-16-32)28(34)23-9-11-24(12-10-23)29(3,4)5/h7-14H,15-19H2,1-6H3. The van der Waals surface area contributed by atoms with E-state index in [0.717, 1.165) is 53.7 Å². The van der Waals surface area contributed by atoms with Crippen molar-refractivity contribution >= 4 is 11.7 Å². The van der Waals surface area contributed by atoms with E-state index in [4.69, 9.17) is 9.72 Å². The van der Waals surface area contributed by atoms with Crippen molar-refractivity contribution in [3.63, 3.8) is 0 Å².